The van der Waals surface area contributed by atoms with Crippen LogP contribution < -0.4 is 4.74 Å². The lowest BCUT2D eigenvalue weighted by molar-refractivity contribution is 0.0689. The predicted octanol–water partition coefficient (Wildman–Crippen LogP) is 1.21. The van der Waals surface area contributed by atoms with Gasteiger partial charge in [0.15, 0.2) is 5.69 Å². The molecule has 0 saturated heterocycles. The van der Waals surface area contributed by atoms with Crippen LogP contribution in [0.4, 0.5) is 0 Å². The quantitative estimate of drug-likeness (QED) is 0.783. The monoisotopic (exact) mass is 196 g/mol. The first-order valence-corrected chi connectivity index (χ1v) is 4.27. The van der Waals surface area contributed by atoms with Crippen molar-refractivity contribution < 1.29 is 14.6 Å². The molecule has 0 bridgehead atoms. The third kappa shape index (κ3) is 3.01. The molecule has 1 aromatic heterocycles. The fourth-order valence-electron chi connectivity index (χ4n) is 0.753. The standard InChI is InChI=1S/C9H12N2O3/c1-6(2)5-14-8-4-10-7(3-11-8)9(12)13/h3-4,6H,5H2,1-2H3,(H,12,13). The SMILES string of the molecule is CC(C)COc1cnc(C(=O)O)cn1. The highest BCUT2D eigenvalue weighted by molar-refractivity contribution is 5.84. The van der Waals surface area contributed by atoms with Crippen molar-refractivity contribution >= 4 is 5.97 Å². The Morgan fingerprint density at radius 1 is 1.50 bits per heavy atom. The molecule has 1 aromatic rings. The van der Waals surface area contributed by atoms with E-state index in [0.29, 0.717) is 18.4 Å². The normalized spacial score (nSPS) is 10.2. The summed E-state index contributed by atoms with van der Waals surface area (Å²) in [6.07, 6.45) is 2.49. The highest BCUT2D eigenvalue weighted by atomic mass is 16.5. The highest BCUT2D eigenvalue weighted by Gasteiger charge is 2.05. The second-order valence-corrected chi connectivity index (χ2v) is 3.25. The van der Waals surface area contributed by atoms with Gasteiger partial charge >= 0.3 is 5.97 Å². The molecular weight excluding hydrogens is 184 g/mol. The van der Waals surface area contributed by atoms with Gasteiger partial charge in [0.25, 0.3) is 0 Å². The number of carboxylic acid groups (broad SMARTS) is 1. The van der Waals surface area contributed by atoms with Crippen molar-refractivity contribution in [2.24, 2.45) is 5.92 Å². The molecule has 0 aliphatic carbocycles. The van der Waals surface area contributed by atoms with Gasteiger partial charge < -0.3 is 9.84 Å². The molecule has 5 heteroatoms. The summed E-state index contributed by atoms with van der Waals surface area (Å²) in [5.41, 5.74) is -0.0816. The third-order valence-corrected chi connectivity index (χ3v) is 1.41. The van der Waals surface area contributed by atoms with Crippen molar-refractivity contribution in [2.75, 3.05) is 6.61 Å². The van der Waals surface area contributed by atoms with E-state index in [4.69, 9.17) is 9.84 Å². The van der Waals surface area contributed by atoms with Gasteiger partial charge in [-0.25, -0.2) is 14.8 Å². The Labute approximate surface area is 81.8 Å². The van der Waals surface area contributed by atoms with Gasteiger partial charge in [0.1, 0.15) is 0 Å². The Balaban J connectivity index is 2.60. The molecule has 0 spiro atoms. The molecule has 14 heavy (non-hydrogen) atoms. The lowest BCUT2D eigenvalue weighted by Gasteiger charge is -2.06. The summed E-state index contributed by atoms with van der Waals surface area (Å²) in [4.78, 5) is 17.9. The molecular formula is C9H12N2O3. The molecule has 1 rings (SSSR count). The fraction of sp³-hybridized carbons (Fsp3) is 0.444. The van der Waals surface area contributed by atoms with E-state index in [0.717, 1.165) is 0 Å². The van der Waals surface area contributed by atoms with Crippen LogP contribution in [0, 0.1) is 5.92 Å². The number of ether oxygens (including phenoxy) is 1. The lowest BCUT2D eigenvalue weighted by Crippen LogP contribution is -2.07. The van der Waals surface area contributed by atoms with Crippen LogP contribution in [-0.4, -0.2) is 27.7 Å². The fourth-order valence-corrected chi connectivity index (χ4v) is 0.753. The van der Waals surface area contributed by atoms with Crippen molar-refractivity contribution in [3.05, 3.63) is 18.1 Å². The van der Waals surface area contributed by atoms with E-state index in [1.54, 1.807) is 0 Å². The van der Waals surface area contributed by atoms with Crippen LogP contribution in [0.1, 0.15) is 24.3 Å². The first kappa shape index (κ1) is 10.4. The number of rotatable bonds is 4. The lowest BCUT2D eigenvalue weighted by atomic mass is 10.2. The first-order valence-electron chi connectivity index (χ1n) is 4.27. The van der Waals surface area contributed by atoms with Gasteiger partial charge in [-0.1, -0.05) is 13.8 Å². The van der Waals surface area contributed by atoms with Crippen molar-refractivity contribution in [2.45, 2.75) is 13.8 Å². The van der Waals surface area contributed by atoms with E-state index in [1.165, 1.54) is 12.4 Å². The van der Waals surface area contributed by atoms with Crippen LogP contribution in [-0.2, 0) is 0 Å². The van der Waals surface area contributed by atoms with Gasteiger partial charge in [-0.3, -0.25) is 0 Å². The number of aromatic carboxylic acids is 1. The van der Waals surface area contributed by atoms with Gasteiger partial charge in [-0.2, -0.15) is 0 Å². The number of carbonyl (C=O) groups is 1. The Kier molecular flexibility index (Phi) is 3.39. The minimum Gasteiger partial charge on any atom is -0.476 e. The Morgan fingerprint density at radius 2 is 2.21 bits per heavy atom. The summed E-state index contributed by atoms with van der Waals surface area (Å²) in [5, 5.41) is 8.55. The molecule has 0 unspecified atom stereocenters. The molecule has 1 heterocycles. The second-order valence-electron chi connectivity index (χ2n) is 3.25. The molecule has 0 aliphatic heterocycles. The number of carboxylic acids is 1. The summed E-state index contributed by atoms with van der Waals surface area (Å²) in [7, 11) is 0. The summed E-state index contributed by atoms with van der Waals surface area (Å²) >= 11 is 0. The summed E-state index contributed by atoms with van der Waals surface area (Å²) in [5.74, 6) is -0.340. The maximum absolute atomic E-state index is 10.4. The summed E-state index contributed by atoms with van der Waals surface area (Å²) in [6, 6.07) is 0. The second kappa shape index (κ2) is 4.55. The van der Waals surface area contributed by atoms with Crippen LogP contribution in [0.5, 0.6) is 5.88 Å². The Hall–Kier alpha value is -1.65. The molecule has 0 aliphatic rings. The van der Waals surface area contributed by atoms with Crippen LogP contribution in [0.2, 0.25) is 0 Å². The summed E-state index contributed by atoms with van der Waals surface area (Å²) < 4.78 is 5.24. The third-order valence-electron chi connectivity index (χ3n) is 1.41. The van der Waals surface area contributed by atoms with E-state index >= 15 is 0 Å². The molecule has 0 atom stereocenters. The van der Waals surface area contributed by atoms with Gasteiger partial charge in [0.2, 0.25) is 5.88 Å². The Bertz CT molecular complexity index is 308. The van der Waals surface area contributed by atoms with Crippen molar-refractivity contribution in [1.82, 2.24) is 9.97 Å². The van der Waals surface area contributed by atoms with Crippen LogP contribution in [0.25, 0.3) is 0 Å². The minimum atomic E-state index is -1.09. The van der Waals surface area contributed by atoms with E-state index in [1.807, 2.05) is 13.8 Å². The Morgan fingerprint density at radius 3 is 2.64 bits per heavy atom. The first-order chi connectivity index (χ1) is 6.59. The van der Waals surface area contributed by atoms with E-state index < -0.39 is 5.97 Å². The molecule has 76 valence electrons. The molecule has 0 radical (unpaired) electrons. The largest absolute Gasteiger partial charge is 0.476 e. The zero-order valence-corrected chi connectivity index (χ0v) is 8.10. The van der Waals surface area contributed by atoms with Crippen LogP contribution >= 0.6 is 0 Å². The van der Waals surface area contributed by atoms with Gasteiger partial charge in [-0.05, 0) is 5.92 Å². The van der Waals surface area contributed by atoms with Gasteiger partial charge in [0, 0.05) is 0 Å². The van der Waals surface area contributed by atoms with Gasteiger partial charge in [0.05, 0.1) is 19.0 Å². The average molecular weight is 196 g/mol. The zero-order chi connectivity index (χ0) is 10.6. The van der Waals surface area contributed by atoms with Crippen LogP contribution in [0.3, 0.4) is 0 Å². The van der Waals surface area contributed by atoms with Crippen molar-refractivity contribution in [3.63, 3.8) is 0 Å². The number of hydrogen-bond donors (Lipinski definition) is 1. The molecule has 5 nitrogen and oxygen atoms in total. The molecule has 0 aromatic carbocycles. The number of aromatic nitrogens is 2. The van der Waals surface area contributed by atoms with Gasteiger partial charge in [-0.15, -0.1) is 0 Å². The average Bonchev–Trinajstić information content (AvgIpc) is 2.15. The van der Waals surface area contributed by atoms with E-state index in [-0.39, 0.29) is 5.69 Å². The van der Waals surface area contributed by atoms with E-state index in [9.17, 15) is 4.79 Å². The summed E-state index contributed by atoms with van der Waals surface area (Å²) in [6.45, 7) is 4.57. The molecule has 1 N–H and O–H groups in total. The smallest absolute Gasteiger partial charge is 0.356 e. The zero-order valence-electron chi connectivity index (χ0n) is 8.10. The molecule has 0 fully saturated rings. The minimum absolute atomic E-state index is 0.0816. The van der Waals surface area contributed by atoms with Crippen molar-refractivity contribution in [1.29, 1.82) is 0 Å². The topological polar surface area (TPSA) is 72.3 Å². The maximum atomic E-state index is 10.4. The maximum Gasteiger partial charge on any atom is 0.356 e. The van der Waals surface area contributed by atoms with Crippen LogP contribution in [0.15, 0.2) is 12.4 Å². The number of nitrogens with zero attached hydrogens (tertiary/aromatic N) is 2. The van der Waals surface area contributed by atoms with Crippen molar-refractivity contribution in [3.8, 4) is 5.88 Å². The number of hydrogen-bond acceptors (Lipinski definition) is 4. The van der Waals surface area contributed by atoms with E-state index in [2.05, 4.69) is 9.97 Å². The molecule has 0 amide bonds. The predicted molar refractivity (Wildman–Crippen MR) is 49.3 cm³/mol. The molecule has 0 saturated carbocycles. The highest BCUT2D eigenvalue weighted by Crippen LogP contribution is 2.05.